The molecule has 0 bridgehead atoms. The number of nitrogens with two attached hydrogens (primary N) is 1. The van der Waals surface area contributed by atoms with Crippen LogP contribution in [-0.4, -0.2) is 68.6 Å². The van der Waals surface area contributed by atoms with E-state index < -0.39 is 23.6 Å². The first kappa shape index (κ1) is 31.7. The van der Waals surface area contributed by atoms with Gasteiger partial charge in [0.25, 0.3) is 0 Å². The lowest BCUT2D eigenvalue weighted by Crippen LogP contribution is -2.54. The summed E-state index contributed by atoms with van der Waals surface area (Å²) in [5, 5.41) is 19.6. The Bertz CT molecular complexity index is 1720. The third-order valence-electron chi connectivity index (χ3n) is 10.9. The highest BCUT2D eigenvalue weighted by Gasteiger charge is 2.58. The van der Waals surface area contributed by atoms with Crippen LogP contribution in [0, 0.1) is 35.0 Å². The number of pyridine rings is 1. The molecule has 4 heterocycles. The van der Waals surface area contributed by atoms with E-state index in [1.54, 1.807) is 18.7 Å². The Balaban J connectivity index is 1.16. The summed E-state index contributed by atoms with van der Waals surface area (Å²) >= 11 is 0. The van der Waals surface area contributed by atoms with Gasteiger partial charge in [0.2, 0.25) is 0 Å². The highest BCUT2D eigenvalue weighted by Crippen LogP contribution is 2.55. The maximum absolute atomic E-state index is 13.5. The van der Waals surface area contributed by atoms with E-state index >= 15 is 0 Å². The van der Waals surface area contributed by atoms with Gasteiger partial charge in [0.1, 0.15) is 36.0 Å². The third-order valence-corrected chi connectivity index (χ3v) is 10.9. The van der Waals surface area contributed by atoms with Crippen molar-refractivity contribution >= 4 is 28.7 Å². The summed E-state index contributed by atoms with van der Waals surface area (Å²) in [6.07, 6.45) is 8.01. The number of carbonyl (C=O) groups is 2. The molecule has 0 aromatic carbocycles. The molecule has 3 N–H and O–H groups in total. The molecule has 2 aliphatic carbocycles. The number of ether oxygens (including phenoxy) is 1. The zero-order chi connectivity index (χ0) is 32.7. The fourth-order valence-corrected chi connectivity index (χ4v) is 7.88. The molecule has 0 radical (unpaired) electrons. The minimum atomic E-state index is -0.564. The van der Waals surface area contributed by atoms with Crippen molar-refractivity contribution in [3.8, 4) is 11.3 Å². The summed E-state index contributed by atoms with van der Waals surface area (Å²) in [6.45, 7) is 10.8. The molecule has 13 nitrogen and oxygen atoms in total. The Morgan fingerprint density at radius 3 is 2.76 bits per heavy atom. The van der Waals surface area contributed by atoms with Crippen molar-refractivity contribution in [3.05, 3.63) is 42.9 Å². The quantitative estimate of drug-likeness (QED) is 0.272. The van der Waals surface area contributed by atoms with Gasteiger partial charge in [0, 0.05) is 29.5 Å². The largest absolute Gasteiger partial charge is 0.460 e. The Kier molecular flexibility index (Phi) is 8.62. The Hall–Kier alpha value is -4.26. The van der Waals surface area contributed by atoms with Crippen LogP contribution in [0.5, 0.6) is 0 Å². The van der Waals surface area contributed by atoms with E-state index in [2.05, 4.69) is 57.9 Å². The molecular weight excluding hydrogens is 586 g/mol. The summed E-state index contributed by atoms with van der Waals surface area (Å²) < 4.78 is 9.58. The number of aromatic nitrogens is 8. The van der Waals surface area contributed by atoms with Crippen LogP contribution in [0.4, 0.5) is 5.82 Å². The van der Waals surface area contributed by atoms with E-state index in [0.717, 1.165) is 24.1 Å². The van der Waals surface area contributed by atoms with E-state index in [9.17, 15) is 14.7 Å². The topological polar surface area (TPSA) is 177 Å². The van der Waals surface area contributed by atoms with Crippen molar-refractivity contribution in [1.29, 1.82) is 0 Å². The average molecular weight is 630 g/mol. The number of anilines is 1. The Morgan fingerprint density at radius 1 is 1.22 bits per heavy atom. The van der Waals surface area contributed by atoms with Crippen molar-refractivity contribution in [2.45, 2.75) is 85.6 Å². The Morgan fingerprint density at radius 2 is 2.02 bits per heavy atom. The van der Waals surface area contributed by atoms with Gasteiger partial charge in [-0.25, -0.2) is 19.6 Å². The molecule has 0 aliphatic heterocycles. The van der Waals surface area contributed by atoms with Crippen LogP contribution in [0.2, 0.25) is 0 Å². The molecule has 46 heavy (non-hydrogen) atoms. The second-order valence-electron chi connectivity index (χ2n) is 13.5. The van der Waals surface area contributed by atoms with E-state index in [0.29, 0.717) is 42.1 Å². The molecule has 0 spiro atoms. The molecule has 4 aromatic rings. The first-order valence-electron chi connectivity index (χ1n) is 16.2. The first-order chi connectivity index (χ1) is 22.0. The summed E-state index contributed by atoms with van der Waals surface area (Å²) in [4.78, 5) is 44.0. The molecule has 13 heteroatoms. The zero-order valence-corrected chi connectivity index (χ0v) is 27.1. The number of aliphatic hydroxyl groups excluding tert-OH is 1. The lowest BCUT2D eigenvalue weighted by molar-refractivity contribution is -0.177. The molecule has 8 atom stereocenters. The lowest BCUT2D eigenvalue weighted by Gasteiger charge is -2.51. The summed E-state index contributed by atoms with van der Waals surface area (Å²) in [7, 11) is 0. The molecule has 2 unspecified atom stereocenters. The van der Waals surface area contributed by atoms with Crippen LogP contribution in [0.3, 0.4) is 0 Å². The van der Waals surface area contributed by atoms with Crippen molar-refractivity contribution in [1.82, 2.24) is 39.5 Å². The van der Waals surface area contributed by atoms with E-state index in [-0.39, 0.29) is 41.9 Å². The van der Waals surface area contributed by atoms with Gasteiger partial charge in [-0.15, -0.1) is 5.10 Å². The standard InChI is InChI=1S/C33H43N9O4/c1-6-19(3)33(5)26(11-18(2)30(45)20(4)23-9-10-25(43)28(23)33)46-27(44)15-42-14-24(39-40-42)21-7-8-22(35-12-21)13-41-17-38-29-31(34)36-16-37-32(29)41/h7-8,12,14,16-20,23,26,28,30,45H,6,9-11,13,15H2,1-5H3,(H2,34,36,37)/t18-,19?,20+,23?,26+,28-,30+,33-/m0/s1. The number of nitrogens with zero attached hydrogens (tertiary/aromatic N) is 8. The van der Waals surface area contributed by atoms with Gasteiger partial charge in [0.15, 0.2) is 11.5 Å². The fraction of sp³-hybridized carbons (Fsp3) is 0.576. The minimum absolute atomic E-state index is 0.00307. The number of hydrogen-bond acceptors (Lipinski definition) is 11. The predicted octanol–water partition coefficient (Wildman–Crippen LogP) is 3.71. The van der Waals surface area contributed by atoms with Crippen molar-refractivity contribution in [3.63, 3.8) is 0 Å². The number of aliphatic hydroxyl groups is 1. The van der Waals surface area contributed by atoms with Gasteiger partial charge in [-0.2, -0.15) is 0 Å². The second-order valence-corrected chi connectivity index (χ2v) is 13.5. The molecule has 244 valence electrons. The van der Waals surface area contributed by atoms with E-state index in [1.165, 1.54) is 11.0 Å². The molecule has 6 rings (SSSR count). The maximum atomic E-state index is 13.5. The van der Waals surface area contributed by atoms with Crippen LogP contribution in [0.25, 0.3) is 22.4 Å². The summed E-state index contributed by atoms with van der Waals surface area (Å²) in [5.41, 5.74) is 8.64. The highest BCUT2D eigenvalue weighted by atomic mass is 16.5. The number of esters is 1. The molecular formula is C33H43N9O4. The fourth-order valence-electron chi connectivity index (χ4n) is 7.88. The van der Waals surface area contributed by atoms with Gasteiger partial charge in [-0.3, -0.25) is 14.6 Å². The minimum Gasteiger partial charge on any atom is -0.460 e. The van der Waals surface area contributed by atoms with Gasteiger partial charge < -0.3 is 20.1 Å². The Labute approximate surface area is 268 Å². The molecule has 2 fully saturated rings. The van der Waals surface area contributed by atoms with Gasteiger partial charge in [-0.05, 0) is 48.6 Å². The van der Waals surface area contributed by atoms with Crippen molar-refractivity contribution in [2.24, 2.45) is 35.0 Å². The predicted molar refractivity (Wildman–Crippen MR) is 170 cm³/mol. The number of rotatable bonds is 8. The summed E-state index contributed by atoms with van der Waals surface area (Å²) in [6, 6.07) is 3.78. The number of hydrogen-bond donors (Lipinski definition) is 2. The normalized spacial score (nSPS) is 28.9. The smallest absolute Gasteiger partial charge is 0.328 e. The van der Waals surface area contributed by atoms with E-state index in [1.807, 2.05) is 23.6 Å². The van der Waals surface area contributed by atoms with Crippen LogP contribution in [-0.2, 0) is 27.4 Å². The van der Waals surface area contributed by atoms with Crippen LogP contribution >= 0.6 is 0 Å². The number of carbonyl (C=O) groups excluding carboxylic acids is 2. The monoisotopic (exact) mass is 629 g/mol. The molecule has 2 saturated carbocycles. The number of ketones is 1. The van der Waals surface area contributed by atoms with Crippen molar-refractivity contribution < 1.29 is 19.4 Å². The third kappa shape index (κ3) is 5.65. The van der Waals surface area contributed by atoms with Crippen LogP contribution < -0.4 is 5.73 Å². The van der Waals surface area contributed by atoms with Gasteiger partial charge >= 0.3 is 5.97 Å². The van der Waals surface area contributed by atoms with Gasteiger partial charge in [-0.1, -0.05) is 46.3 Å². The van der Waals surface area contributed by atoms with Crippen molar-refractivity contribution in [2.75, 3.05) is 5.73 Å². The SMILES string of the molecule is CCC(C)[C@]1(C)[C@@H]2C(=O)CCC2[C@@H](C)[C@H](O)[C@@H](C)C[C@H]1OC(=O)Cn1cc(-c2ccc(Cn3cnc4c(N)ncnc43)nc2)nn1. The van der Waals surface area contributed by atoms with E-state index in [4.69, 9.17) is 10.5 Å². The zero-order valence-electron chi connectivity index (χ0n) is 27.1. The summed E-state index contributed by atoms with van der Waals surface area (Å²) in [5.74, 6) is -0.0296. The second kappa shape index (κ2) is 12.5. The number of Topliss-reactive ketones (excluding diaryl/α,β-unsaturated/α-hetero) is 1. The number of imidazole rings is 1. The first-order valence-corrected chi connectivity index (χ1v) is 16.2. The maximum Gasteiger partial charge on any atom is 0.328 e. The number of fused-ring (bicyclic) bond motifs is 2. The molecule has 4 aromatic heterocycles. The van der Waals surface area contributed by atoms with Crippen LogP contribution in [0.15, 0.2) is 37.2 Å². The molecule has 0 amide bonds. The molecule has 2 aliphatic rings. The average Bonchev–Trinajstić information content (AvgIpc) is 3.78. The van der Waals surface area contributed by atoms with Crippen LogP contribution in [0.1, 0.15) is 66.0 Å². The number of nitrogen functional groups attached to an aromatic ring is 1. The van der Waals surface area contributed by atoms with Gasteiger partial charge in [0.05, 0.1) is 30.9 Å². The highest BCUT2D eigenvalue weighted by molar-refractivity contribution is 5.84. The molecule has 0 saturated heterocycles. The lowest BCUT2D eigenvalue weighted by atomic mass is 9.55.